The summed E-state index contributed by atoms with van der Waals surface area (Å²) in [6, 6.07) is 25.4. The molecule has 2 amide bonds. The van der Waals surface area contributed by atoms with Crippen LogP contribution in [0.3, 0.4) is 0 Å². The number of hydrogen-bond acceptors (Lipinski definition) is 3. The van der Waals surface area contributed by atoms with E-state index in [4.69, 9.17) is 0 Å². The molecule has 4 aromatic rings. The standard InChI is InChI=1S/C24H15NO3/c26-21-12-5-4-11-20(21)25-23(27)18-10-6-9-17-16(15-7-2-1-3-8-15)13-14-19(22(17)18)24(25)28/h1-14,26H. The predicted octanol–water partition coefficient (Wildman–Crippen LogP) is 5.01. The van der Waals surface area contributed by atoms with E-state index in [-0.39, 0.29) is 11.4 Å². The number of phenolic OH excluding ortho intramolecular Hbond substituents is 1. The van der Waals surface area contributed by atoms with Crippen LogP contribution >= 0.6 is 0 Å². The second kappa shape index (κ2) is 6.06. The van der Waals surface area contributed by atoms with Crippen molar-refractivity contribution in [3.8, 4) is 16.9 Å². The molecule has 0 bridgehead atoms. The Bertz CT molecular complexity index is 1240. The summed E-state index contributed by atoms with van der Waals surface area (Å²) in [5.41, 5.74) is 3.08. The maximum absolute atomic E-state index is 13.2. The lowest BCUT2D eigenvalue weighted by molar-refractivity contribution is 0.0892. The zero-order valence-electron chi connectivity index (χ0n) is 14.8. The molecule has 1 heterocycles. The summed E-state index contributed by atoms with van der Waals surface area (Å²) in [6.45, 7) is 0. The average molecular weight is 365 g/mol. The number of carbonyl (C=O) groups is 2. The highest BCUT2D eigenvalue weighted by Gasteiger charge is 2.35. The monoisotopic (exact) mass is 365 g/mol. The van der Waals surface area contributed by atoms with E-state index in [1.165, 1.54) is 6.07 Å². The van der Waals surface area contributed by atoms with Crippen LogP contribution < -0.4 is 4.90 Å². The number of phenols is 1. The Morgan fingerprint density at radius 3 is 2.00 bits per heavy atom. The molecule has 0 atom stereocenters. The molecule has 0 saturated heterocycles. The Labute approximate surface area is 161 Å². The molecule has 4 nitrogen and oxygen atoms in total. The maximum Gasteiger partial charge on any atom is 0.266 e. The van der Waals surface area contributed by atoms with E-state index >= 15 is 0 Å². The van der Waals surface area contributed by atoms with Crippen molar-refractivity contribution >= 4 is 28.3 Å². The van der Waals surface area contributed by atoms with Gasteiger partial charge in [0.15, 0.2) is 0 Å². The Kier molecular flexibility index (Phi) is 3.52. The van der Waals surface area contributed by atoms with Gasteiger partial charge in [-0.2, -0.15) is 0 Å². The van der Waals surface area contributed by atoms with E-state index in [2.05, 4.69) is 0 Å². The molecule has 28 heavy (non-hydrogen) atoms. The van der Waals surface area contributed by atoms with Crippen LogP contribution in [0.5, 0.6) is 5.75 Å². The largest absolute Gasteiger partial charge is 0.506 e. The van der Waals surface area contributed by atoms with Gasteiger partial charge in [-0.3, -0.25) is 9.59 Å². The zero-order valence-corrected chi connectivity index (χ0v) is 14.8. The number of aromatic hydroxyl groups is 1. The van der Waals surface area contributed by atoms with Gasteiger partial charge in [-0.15, -0.1) is 0 Å². The van der Waals surface area contributed by atoms with Crippen molar-refractivity contribution in [2.45, 2.75) is 0 Å². The highest BCUT2D eigenvalue weighted by atomic mass is 16.3. The molecule has 4 aromatic carbocycles. The molecule has 5 rings (SSSR count). The molecule has 0 spiro atoms. The van der Waals surface area contributed by atoms with Gasteiger partial charge in [-0.1, -0.05) is 60.7 Å². The quantitative estimate of drug-likeness (QED) is 0.508. The number of nitrogens with zero attached hydrogens (tertiary/aromatic N) is 1. The number of anilines is 1. The Morgan fingerprint density at radius 1 is 0.607 bits per heavy atom. The molecular weight excluding hydrogens is 350 g/mol. The van der Waals surface area contributed by atoms with Crippen molar-refractivity contribution in [2.24, 2.45) is 0 Å². The predicted molar refractivity (Wildman–Crippen MR) is 109 cm³/mol. The van der Waals surface area contributed by atoms with Crippen molar-refractivity contribution in [1.29, 1.82) is 0 Å². The van der Waals surface area contributed by atoms with Gasteiger partial charge in [0, 0.05) is 16.5 Å². The van der Waals surface area contributed by atoms with Gasteiger partial charge >= 0.3 is 0 Å². The third kappa shape index (κ3) is 2.25. The fourth-order valence-electron chi connectivity index (χ4n) is 3.84. The molecular formula is C24H15NO3. The first-order chi connectivity index (χ1) is 13.7. The molecule has 0 aromatic heterocycles. The highest BCUT2D eigenvalue weighted by molar-refractivity contribution is 6.36. The van der Waals surface area contributed by atoms with Crippen LogP contribution in [0.15, 0.2) is 84.9 Å². The average Bonchev–Trinajstić information content (AvgIpc) is 2.73. The Hall–Kier alpha value is -3.92. The first-order valence-electron chi connectivity index (χ1n) is 8.95. The topological polar surface area (TPSA) is 57.6 Å². The maximum atomic E-state index is 13.2. The van der Waals surface area contributed by atoms with Crippen molar-refractivity contribution in [2.75, 3.05) is 4.90 Å². The van der Waals surface area contributed by atoms with Crippen molar-refractivity contribution in [1.82, 2.24) is 0 Å². The van der Waals surface area contributed by atoms with E-state index in [0.29, 0.717) is 16.5 Å². The van der Waals surface area contributed by atoms with E-state index in [1.807, 2.05) is 48.5 Å². The van der Waals surface area contributed by atoms with Crippen molar-refractivity contribution in [3.63, 3.8) is 0 Å². The SMILES string of the molecule is O=C1c2cccc3c(-c4ccccc4)ccc(c23)C(=O)N1c1ccccc1O. The molecule has 1 aliphatic heterocycles. The molecule has 0 aliphatic carbocycles. The summed E-state index contributed by atoms with van der Waals surface area (Å²) in [7, 11) is 0. The van der Waals surface area contributed by atoms with E-state index in [9.17, 15) is 14.7 Å². The van der Waals surface area contributed by atoms with Gasteiger partial charge < -0.3 is 5.11 Å². The summed E-state index contributed by atoms with van der Waals surface area (Å²) < 4.78 is 0. The number of amides is 2. The first kappa shape index (κ1) is 16.3. The van der Waals surface area contributed by atoms with Crippen LogP contribution in [0.2, 0.25) is 0 Å². The molecule has 0 saturated carbocycles. The van der Waals surface area contributed by atoms with Gasteiger partial charge in [0.1, 0.15) is 5.75 Å². The lowest BCUT2D eigenvalue weighted by atomic mass is 9.89. The van der Waals surface area contributed by atoms with Crippen LogP contribution in [-0.4, -0.2) is 16.9 Å². The van der Waals surface area contributed by atoms with Crippen LogP contribution in [0, 0.1) is 0 Å². The summed E-state index contributed by atoms with van der Waals surface area (Å²) in [6.07, 6.45) is 0. The zero-order chi connectivity index (χ0) is 19.3. The second-order valence-electron chi connectivity index (χ2n) is 6.69. The fraction of sp³-hybridized carbons (Fsp3) is 0. The molecule has 0 radical (unpaired) electrons. The van der Waals surface area contributed by atoms with Gasteiger partial charge in [0.25, 0.3) is 11.8 Å². The minimum Gasteiger partial charge on any atom is -0.506 e. The van der Waals surface area contributed by atoms with E-state index < -0.39 is 11.8 Å². The minimum absolute atomic E-state index is 0.110. The molecule has 0 fully saturated rings. The van der Waals surface area contributed by atoms with Gasteiger partial charge in [-0.05, 0) is 40.8 Å². The van der Waals surface area contributed by atoms with Gasteiger partial charge in [0.05, 0.1) is 5.69 Å². The Morgan fingerprint density at radius 2 is 1.25 bits per heavy atom. The third-order valence-corrected chi connectivity index (χ3v) is 5.12. The van der Waals surface area contributed by atoms with Crippen molar-refractivity contribution < 1.29 is 14.7 Å². The molecule has 1 aliphatic rings. The first-order valence-corrected chi connectivity index (χ1v) is 8.95. The number of rotatable bonds is 2. The molecule has 4 heteroatoms. The molecule has 134 valence electrons. The summed E-state index contributed by atoms with van der Waals surface area (Å²) >= 11 is 0. The Balaban J connectivity index is 1.78. The fourth-order valence-corrected chi connectivity index (χ4v) is 3.84. The summed E-state index contributed by atoms with van der Waals surface area (Å²) in [5, 5.41) is 11.7. The smallest absolute Gasteiger partial charge is 0.266 e. The number of imide groups is 1. The minimum atomic E-state index is -0.435. The third-order valence-electron chi connectivity index (χ3n) is 5.12. The lowest BCUT2D eigenvalue weighted by Gasteiger charge is -2.28. The molecule has 0 unspecified atom stereocenters. The number of benzene rings is 4. The van der Waals surface area contributed by atoms with E-state index in [1.54, 1.807) is 30.3 Å². The number of para-hydroxylation sites is 2. The van der Waals surface area contributed by atoms with E-state index in [0.717, 1.165) is 21.4 Å². The highest BCUT2D eigenvalue weighted by Crippen LogP contribution is 2.39. The normalized spacial score (nSPS) is 13.2. The van der Waals surface area contributed by atoms with Crippen LogP contribution in [0.25, 0.3) is 21.9 Å². The summed E-state index contributed by atoms with van der Waals surface area (Å²) in [5.74, 6) is -0.981. The van der Waals surface area contributed by atoms with Crippen LogP contribution in [0.1, 0.15) is 20.7 Å². The van der Waals surface area contributed by atoms with Gasteiger partial charge in [0.2, 0.25) is 0 Å². The number of hydrogen-bond donors (Lipinski definition) is 1. The molecule has 1 N–H and O–H groups in total. The number of carbonyl (C=O) groups excluding carboxylic acids is 2. The second-order valence-corrected chi connectivity index (χ2v) is 6.69. The lowest BCUT2D eigenvalue weighted by Crippen LogP contribution is -2.40. The van der Waals surface area contributed by atoms with Gasteiger partial charge in [-0.25, -0.2) is 4.90 Å². The van der Waals surface area contributed by atoms with Crippen molar-refractivity contribution in [3.05, 3.63) is 96.1 Å². The van der Waals surface area contributed by atoms with Crippen LogP contribution in [0.4, 0.5) is 5.69 Å². The van der Waals surface area contributed by atoms with Crippen LogP contribution in [-0.2, 0) is 0 Å². The summed E-state index contributed by atoms with van der Waals surface area (Å²) in [4.78, 5) is 27.5.